The van der Waals surface area contributed by atoms with Crippen molar-refractivity contribution in [2.75, 3.05) is 36.0 Å². The molecule has 0 bridgehead atoms. The molecule has 126 valence electrons. The summed E-state index contributed by atoms with van der Waals surface area (Å²) in [5.74, 6) is 1.46. The molecule has 0 N–H and O–H groups in total. The van der Waals surface area contributed by atoms with Gasteiger partial charge in [-0.1, -0.05) is 30.4 Å². The molecular weight excluding hydrogens is 322 g/mol. The summed E-state index contributed by atoms with van der Waals surface area (Å²) < 4.78 is 6.57. The van der Waals surface area contributed by atoms with Crippen molar-refractivity contribution in [3.63, 3.8) is 0 Å². The smallest absolute Gasteiger partial charge is 0.266 e. The van der Waals surface area contributed by atoms with Crippen LogP contribution in [0.1, 0.15) is 25.7 Å². The third kappa shape index (κ3) is 3.08. The Kier molecular flexibility index (Phi) is 4.34. The third-order valence-electron chi connectivity index (χ3n) is 4.25. The van der Waals surface area contributed by atoms with Crippen molar-refractivity contribution in [3.8, 4) is 0 Å². The van der Waals surface area contributed by atoms with Gasteiger partial charge in [0.05, 0.1) is 10.2 Å². The highest BCUT2D eigenvalue weighted by Gasteiger charge is 2.21. The van der Waals surface area contributed by atoms with Crippen LogP contribution in [0.2, 0.25) is 0 Å². The lowest BCUT2D eigenvalue weighted by Crippen LogP contribution is -2.31. The van der Waals surface area contributed by atoms with E-state index in [1.807, 2.05) is 6.07 Å². The van der Waals surface area contributed by atoms with Crippen LogP contribution in [0.15, 0.2) is 28.8 Å². The lowest BCUT2D eigenvalue weighted by molar-refractivity contribution is 0.376. The number of rotatable bonds is 4. The first-order valence-electron chi connectivity index (χ1n) is 8.51. The molecule has 1 aromatic carbocycles. The van der Waals surface area contributed by atoms with Gasteiger partial charge in [0.1, 0.15) is 0 Å². The molecule has 0 amide bonds. The van der Waals surface area contributed by atoms with Crippen LogP contribution >= 0.6 is 11.3 Å². The van der Waals surface area contributed by atoms with Gasteiger partial charge in [0, 0.05) is 32.6 Å². The second-order valence-corrected chi connectivity index (χ2v) is 7.04. The van der Waals surface area contributed by atoms with Crippen LogP contribution in [0, 0.1) is 0 Å². The minimum atomic E-state index is 0.726. The van der Waals surface area contributed by atoms with Crippen LogP contribution in [0.5, 0.6) is 0 Å². The Hall–Kier alpha value is -2.15. The number of hydrogen-bond acceptors (Lipinski definition) is 7. The van der Waals surface area contributed by atoms with Gasteiger partial charge >= 0.3 is 0 Å². The Labute approximate surface area is 145 Å². The maximum absolute atomic E-state index is 5.32. The highest BCUT2D eigenvalue weighted by atomic mass is 32.1. The van der Waals surface area contributed by atoms with Crippen molar-refractivity contribution in [2.45, 2.75) is 26.2 Å². The van der Waals surface area contributed by atoms with Crippen LogP contribution < -0.4 is 9.80 Å². The quantitative estimate of drug-likeness (QED) is 0.724. The van der Waals surface area contributed by atoms with Crippen LogP contribution in [-0.2, 0) is 6.42 Å². The summed E-state index contributed by atoms with van der Waals surface area (Å²) >= 11 is 1.77. The Morgan fingerprint density at radius 3 is 2.79 bits per heavy atom. The normalized spacial score (nSPS) is 15.9. The fraction of sp³-hybridized carbons (Fsp3) is 0.471. The first kappa shape index (κ1) is 15.4. The van der Waals surface area contributed by atoms with E-state index in [1.165, 1.54) is 4.70 Å². The molecule has 1 fully saturated rings. The van der Waals surface area contributed by atoms with Gasteiger partial charge in [-0.05, 0) is 30.1 Å². The van der Waals surface area contributed by atoms with Crippen molar-refractivity contribution in [1.29, 1.82) is 0 Å². The number of nitrogens with zero attached hydrogens (tertiary/aromatic N) is 5. The van der Waals surface area contributed by atoms with Gasteiger partial charge in [0.15, 0.2) is 5.13 Å². The van der Waals surface area contributed by atoms with Gasteiger partial charge in [-0.2, -0.15) is 4.98 Å². The molecular formula is C17H21N5OS. The SMILES string of the molecule is CCCc1nc(N2CCCN(c3nc4ccccc4s3)CC2)no1. The highest BCUT2D eigenvalue weighted by molar-refractivity contribution is 7.22. The number of thiazole rings is 1. The van der Waals surface area contributed by atoms with Crippen molar-refractivity contribution in [2.24, 2.45) is 0 Å². The van der Waals surface area contributed by atoms with Crippen LogP contribution in [0.3, 0.4) is 0 Å². The Balaban J connectivity index is 1.47. The average molecular weight is 343 g/mol. The van der Waals surface area contributed by atoms with Gasteiger partial charge in [-0.15, -0.1) is 0 Å². The molecule has 6 nitrogen and oxygen atoms in total. The number of para-hydroxylation sites is 1. The van der Waals surface area contributed by atoms with Gasteiger partial charge in [0.25, 0.3) is 5.95 Å². The predicted octanol–water partition coefficient (Wildman–Crippen LogP) is 3.35. The number of hydrogen-bond donors (Lipinski definition) is 0. The molecule has 0 saturated carbocycles. The molecule has 2 aromatic heterocycles. The van der Waals surface area contributed by atoms with E-state index in [-0.39, 0.29) is 0 Å². The topological polar surface area (TPSA) is 58.3 Å². The molecule has 24 heavy (non-hydrogen) atoms. The molecule has 0 spiro atoms. The van der Waals surface area contributed by atoms with E-state index in [9.17, 15) is 0 Å². The van der Waals surface area contributed by atoms with Crippen molar-refractivity contribution >= 4 is 32.6 Å². The van der Waals surface area contributed by atoms with E-state index in [0.29, 0.717) is 0 Å². The fourth-order valence-corrected chi connectivity index (χ4v) is 4.01. The largest absolute Gasteiger partial charge is 0.346 e. The minimum absolute atomic E-state index is 0.726. The van der Waals surface area contributed by atoms with E-state index in [4.69, 9.17) is 9.51 Å². The third-order valence-corrected chi connectivity index (χ3v) is 5.35. The number of benzene rings is 1. The molecule has 4 rings (SSSR count). The van der Waals surface area contributed by atoms with E-state index < -0.39 is 0 Å². The molecule has 0 atom stereocenters. The average Bonchev–Trinajstić information content (AvgIpc) is 3.16. The number of aromatic nitrogens is 3. The summed E-state index contributed by atoms with van der Waals surface area (Å²) in [5, 5.41) is 5.25. The number of aryl methyl sites for hydroxylation is 1. The molecule has 1 saturated heterocycles. The van der Waals surface area contributed by atoms with E-state index in [1.54, 1.807) is 11.3 Å². The molecule has 3 aromatic rings. The van der Waals surface area contributed by atoms with Crippen LogP contribution in [-0.4, -0.2) is 41.3 Å². The van der Waals surface area contributed by atoms with E-state index >= 15 is 0 Å². The van der Waals surface area contributed by atoms with Gasteiger partial charge in [-0.25, -0.2) is 4.98 Å². The molecule has 1 aliphatic heterocycles. The minimum Gasteiger partial charge on any atom is -0.346 e. The highest BCUT2D eigenvalue weighted by Crippen LogP contribution is 2.29. The van der Waals surface area contributed by atoms with Crippen LogP contribution in [0.4, 0.5) is 11.1 Å². The summed E-state index contributed by atoms with van der Waals surface area (Å²) in [4.78, 5) is 13.9. The maximum atomic E-state index is 5.32. The fourth-order valence-electron chi connectivity index (χ4n) is 2.99. The summed E-state index contributed by atoms with van der Waals surface area (Å²) in [7, 11) is 0. The van der Waals surface area contributed by atoms with Gasteiger partial charge < -0.3 is 14.3 Å². The zero-order valence-electron chi connectivity index (χ0n) is 13.8. The molecule has 0 aliphatic carbocycles. The van der Waals surface area contributed by atoms with Crippen molar-refractivity contribution in [3.05, 3.63) is 30.2 Å². The molecule has 1 aliphatic rings. The molecule has 0 radical (unpaired) electrons. The number of fused-ring (bicyclic) bond motifs is 1. The molecule has 0 unspecified atom stereocenters. The van der Waals surface area contributed by atoms with Crippen molar-refractivity contribution < 1.29 is 4.52 Å². The second-order valence-electron chi connectivity index (χ2n) is 6.03. The second kappa shape index (κ2) is 6.76. The molecule has 7 heteroatoms. The van der Waals surface area contributed by atoms with Crippen LogP contribution in [0.25, 0.3) is 10.2 Å². The standard InChI is InChI=1S/C17H21N5OS/c1-2-6-15-19-16(20-23-15)21-9-5-10-22(12-11-21)17-18-13-7-3-4-8-14(13)24-17/h3-4,7-8H,2,5-6,9-12H2,1H3. The van der Waals surface area contributed by atoms with Gasteiger partial charge in [-0.3, -0.25) is 0 Å². The molecule has 3 heterocycles. The monoisotopic (exact) mass is 343 g/mol. The van der Waals surface area contributed by atoms with E-state index in [0.717, 1.165) is 67.9 Å². The zero-order chi connectivity index (χ0) is 16.4. The lowest BCUT2D eigenvalue weighted by atomic mass is 10.3. The summed E-state index contributed by atoms with van der Waals surface area (Å²) in [6, 6.07) is 8.32. The summed E-state index contributed by atoms with van der Waals surface area (Å²) in [5.41, 5.74) is 1.08. The van der Waals surface area contributed by atoms with Gasteiger partial charge in [0.2, 0.25) is 5.89 Å². The maximum Gasteiger partial charge on any atom is 0.266 e. The summed E-state index contributed by atoms with van der Waals surface area (Å²) in [6.45, 7) is 5.90. The Bertz CT molecular complexity index is 781. The Morgan fingerprint density at radius 1 is 1.08 bits per heavy atom. The Morgan fingerprint density at radius 2 is 1.92 bits per heavy atom. The number of anilines is 2. The van der Waals surface area contributed by atoms with E-state index in [2.05, 4.69) is 45.1 Å². The first-order valence-corrected chi connectivity index (χ1v) is 9.33. The first-order chi connectivity index (χ1) is 11.8. The lowest BCUT2D eigenvalue weighted by Gasteiger charge is -2.20. The zero-order valence-corrected chi connectivity index (χ0v) is 14.6. The predicted molar refractivity (Wildman–Crippen MR) is 97.0 cm³/mol. The van der Waals surface area contributed by atoms with Crippen molar-refractivity contribution in [1.82, 2.24) is 15.1 Å². The summed E-state index contributed by atoms with van der Waals surface area (Å²) in [6.07, 6.45) is 2.93.